The van der Waals surface area contributed by atoms with E-state index >= 15 is 0 Å². The summed E-state index contributed by atoms with van der Waals surface area (Å²) < 4.78 is 44.2. The molecule has 0 bridgehead atoms. The zero-order valence-electron chi connectivity index (χ0n) is 21.5. The van der Waals surface area contributed by atoms with Crippen LogP contribution in [-0.4, -0.2) is 62.8 Å². The van der Waals surface area contributed by atoms with Crippen molar-refractivity contribution in [1.82, 2.24) is 24.6 Å². The van der Waals surface area contributed by atoms with E-state index in [0.717, 1.165) is 21.5 Å². The first kappa shape index (κ1) is 26.5. The number of fused-ring (bicyclic) bond motifs is 1. The van der Waals surface area contributed by atoms with Gasteiger partial charge in [-0.05, 0) is 72.4 Å². The van der Waals surface area contributed by atoms with Crippen LogP contribution in [0.25, 0.3) is 0 Å². The van der Waals surface area contributed by atoms with Crippen LogP contribution in [0.5, 0.6) is 0 Å². The molecule has 38 heavy (non-hydrogen) atoms. The van der Waals surface area contributed by atoms with Gasteiger partial charge in [-0.25, -0.2) is 9.97 Å². The molecule has 202 valence electrons. The van der Waals surface area contributed by atoms with Crippen LogP contribution < -0.4 is 9.80 Å². The molecule has 2 aliphatic heterocycles. The van der Waals surface area contributed by atoms with Gasteiger partial charge in [-0.2, -0.15) is 18.3 Å². The van der Waals surface area contributed by atoms with Crippen LogP contribution >= 0.6 is 15.9 Å². The van der Waals surface area contributed by atoms with Crippen LogP contribution in [0.4, 0.5) is 24.8 Å². The highest BCUT2D eigenvalue weighted by molar-refractivity contribution is 9.10. The highest BCUT2D eigenvalue weighted by atomic mass is 79.9. The van der Waals surface area contributed by atoms with Crippen molar-refractivity contribution in [2.24, 2.45) is 0 Å². The molecule has 12 heteroatoms. The van der Waals surface area contributed by atoms with E-state index in [9.17, 15) is 18.0 Å². The lowest BCUT2D eigenvalue weighted by molar-refractivity contribution is -0.138. The summed E-state index contributed by atoms with van der Waals surface area (Å²) in [6.45, 7) is 8.17. The van der Waals surface area contributed by atoms with Gasteiger partial charge in [0.1, 0.15) is 6.54 Å². The second-order valence-electron chi connectivity index (χ2n) is 9.93. The smallest absolute Gasteiger partial charge is 0.367 e. The van der Waals surface area contributed by atoms with Crippen molar-refractivity contribution in [3.05, 3.63) is 63.1 Å². The van der Waals surface area contributed by atoms with Crippen molar-refractivity contribution in [3.63, 3.8) is 0 Å². The first-order valence-corrected chi connectivity index (χ1v) is 13.3. The number of rotatable bonds is 4. The summed E-state index contributed by atoms with van der Waals surface area (Å²) in [5.41, 5.74) is 2.96. The highest BCUT2D eigenvalue weighted by Crippen LogP contribution is 2.40. The maximum absolute atomic E-state index is 13.9. The van der Waals surface area contributed by atoms with Crippen LogP contribution in [0.3, 0.4) is 0 Å². The van der Waals surface area contributed by atoms with Crippen LogP contribution in [0.15, 0.2) is 35.1 Å². The summed E-state index contributed by atoms with van der Waals surface area (Å²) in [7, 11) is 0. The normalized spacial score (nSPS) is 18.1. The quantitative estimate of drug-likeness (QED) is 0.449. The molecule has 1 fully saturated rings. The third-order valence-corrected chi connectivity index (χ3v) is 7.67. The molecule has 8 nitrogen and oxygen atoms in total. The lowest BCUT2D eigenvalue weighted by atomic mass is 9.91. The van der Waals surface area contributed by atoms with E-state index in [0.29, 0.717) is 43.3 Å². The number of anilines is 2. The number of carbonyl (C=O) groups excluding carboxylic acids is 1. The second-order valence-corrected chi connectivity index (χ2v) is 10.8. The monoisotopic (exact) mass is 591 g/mol. The van der Waals surface area contributed by atoms with E-state index in [-0.39, 0.29) is 31.5 Å². The minimum absolute atomic E-state index is 0.0173. The summed E-state index contributed by atoms with van der Waals surface area (Å²) in [5.74, 6) is 0.464. The second kappa shape index (κ2) is 10.2. The largest absolute Gasteiger partial charge is 0.416 e. The molecule has 4 heterocycles. The minimum atomic E-state index is -4.43. The molecule has 1 amide bonds. The van der Waals surface area contributed by atoms with E-state index in [2.05, 4.69) is 35.9 Å². The molecule has 5 rings (SSSR count). The number of alkyl halides is 3. The van der Waals surface area contributed by atoms with Crippen molar-refractivity contribution in [2.75, 3.05) is 36.0 Å². The Bertz CT molecular complexity index is 1340. The van der Waals surface area contributed by atoms with Gasteiger partial charge in [-0.15, -0.1) is 0 Å². The van der Waals surface area contributed by atoms with E-state index in [1.54, 1.807) is 23.1 Å². The van der Waals surface area contributed by atoms with Crippen molar-refractivity contribution in [3.8, 4) is 0 Å². The number of nitrogens with zero attached hydrogens (tertiary/aromatic N) is 7. The third-order valence-electron chi connectivity index (χ3n) is 7.26. The molecule has 0 aliphatic carbocycles. The van der Waals surface area contributed by atoms with Gasteiger partial charge in [-0.1, -0.05) is 0 Å². The number of aryl methyl sites for hydroxylation is 2. The standard InChI is InChI=1S/C26H29BrF3N7O/c1-16-10-17(2)37(33-16)15-24(38)36-9-8-34(13-18(36)3)23-5-4-22(26(28,29)30)20-6-7-35(14-21(20)23)25-31-11-19(27)12-32-25/h4-5,10-12,18H,6-9,13-15H2,1-3H3/t18-/m1/s1. The molecule has 1 saturated heterocycles. The van der Waals surface area contributed by atoms with Gasteiger partial charge in [0.15, 0.2) is 0 Å². The van der Waals surface area contributed by atoms with Crippen LogP contribution in [0, 0.1) is 13.8 Å². The van der Waals surface area contributed by atoms with Gasteiger partial charge in [-0.3, -0.25) is 9.48 Å². The van der Waals surface area contributed by atoms with Crippen LogP contribution in [0.1, 0.15) is 35.0 Å². The molecule has 3 aromatic rings. The molecule has 2 aliphatic rings. The predicted molar refractivity (Wildman–Crippen MR) is 141 cm³/mol. The van der Waals surface area contributed by atoms with Gasteiger partial charge in [0.2, 0.25) is 11.9 Å². The summed E-state index contributed by atoms with van der Waals surface area (Å²) in [6.07, 6.45) is -0.919. The lowest BCUT2D eigenvalue weighted by Gasteiger charge is -2.43. The SMILES string of the molecule is Cc1cc(C)n(CC(=O)N2CCN(c3ccc(C(F)(F)F)c4c3CN(c3ncc(Br)cn3)CC4)C[C@H]2C)n1. The first-order chi connectivity index (χ1) is 18.0. The molecule has 2 aromatic heterocycles. The predicted octanol–water partition coefficient (Wildman–Crippen LogP) is 4.37. The van der Waals surface area contributed by atoms with E-state index in [1.165, 1.54) is 6.07 Å². The fourth-order valence-corrected chi connectivity index (χ4v) is 5.67. The first-order valence-electron chi connectivity index (χ1n) is 12.5. The lowest BCUT2D eigenvalue weighted by Crippen LogP contribution is -2.55. The molecular formula is C26H29BrF3N7O. The Morgan fingerprint density at radius 3 is 2.45 bits per heavy atom. The number of hydrogen-bond donors (Lipinski definition) is 0. The molecule has 0 unspecified atom stereocenters. The Morgan fingerprint density at radius 2 is 1.82 bits per heavy atom. The summed E-state index contributed by atoms with van der Waals surface area (Å²) >= 11 is 3.33. The van der Waals surface area contributed by atoms with Gasteiger partial charge < -0.3 is 14.7 Å². The maximum atomic E-state index is 13.9. The fourth-order valence-electron chi connectivity index (χ4n) is 5.46. The molecule has 0 N–H and O–H groups in total. The minimum Gasteiger partial charge on any atom is -0.367 e. The Morgan fingerprint density at radius 1 is 1.08 bits per heavy atom. The van der Waals surface area contributed by atoms with Gasteiger partial charge >= 0.3 is 6.18 Å². The van der Waals surface area contributed by atoms with Crippen molar-refractivity contribution < 1.29 is 18.0 Å². The topological polar surface area (TPSA) is 70.4 Å². The number of carbonyl (C=O) groups is 1. The van der Waals surface area contributed by atoms with E-state index < -0.39 is 11.7 Å². The number of halogens is 4. The Labute approximate surface area is 227 Å². The van der Waals surface area contributed by atoms with E-state index in [1.807, 2.05) is 36.6 Å². The Hall–Kier alpha value is -3.15. The molecule has 1 atom stereocenters. The maximum Gasteiger partial charge on any atom is 0.416 e. The zero-order valence-corrected chi connectivity index (χ0v) is 23.1. The van der Waals surface area contributed by atoms with Gasteiger partial charge in [0.25, 0.3) is 0 Å². The zero-order chi connectivity index (χ0) is 27.2. The average molecular weight is 592 g/mol. The number of amides is 1. The summed E-state index contributed by atoms with van der Waals surface area (Å²) in [4.78, 5) is 27.6. The molecule has 0 saturated carbocycles. The Kier molecular flexibility index (Phi) is 7.10. The van der Waals surface area contributed by atoms with Gasteiger partial charge in [0.05, 0.1) is 15.7 Å². The molecular weight excluding hydrogens is 563 g/mol. The Balaban J connectivity index is 1.39. The fraction of sp³-hybridized carbons (Fsp3) is 0.462. The van der Waals surface area contributed by atoms with Gasteiger partial charge in [0, 0.05) is 62.5 Å². The van der Waals surface area contributed by atoms with Crippen molar-refractivity contribution >= 4 is 33.5 Å². The number of piperazine rings is 1. The number of aromatic nitrogens is 4. The van der Waals surface area contributed by atoms with E-state index in [4.69, 9.17) is 0 Å². The number of hydrogen-bond acceptors (Lipinski definition) is 6. The third kappa shape index (κ3) is 5.23. The molecule has 0 radical (unpaired) electrons. The van der Waals surface area contributed by atoms with Crippen LogP contribution in [-0.2, 0) is 30.5 Å². The number of benzene rings is 1. The summed E-state index contributed by atoms with van der Waals surface area (Å²) in [5, 5.41) is 4.40. The van der Waals surface area contributed by atoms with Crippen molar-refractivity contribution in [1.29, 1.82) is 0 Å². The van der Waals surface area contributed by atoms with Crippen molar-refractivity contribution in [2.45, 2.75) is 52.5 Å². The van der Waals surface area contributed by atoms with Crippen LogP contribution in [0.2, 0.25) is 0 Å². The highest BCUT2D eigenvalue weighted by Gasteiger charge is 2.38. The molecule has 0 spiro atoms. The summed E-state index contributed by atoms with van der Waals surface area (Å²) in [6, 6.07) is 4.60. The molecule has 1 aromatic carbocycles. The average Bonchev–Trinajstić information content (AvgIpc) is 3.18.